The fourth-order valence-electron chi connectivity index (χ4n) is 5.04. The van der Waals surface area contributed by atoms with Gasteiger partial charge in [-0.3, -0.25) is 0 Å². The van der Waals surface area contributed by atoms with Gasteiger partial charge in [0.25, 0.3) is 0 Å². The largest absolute Gasteiger partial charge is 0.496 e. The van der Waals surface area contributed by atoms with Crippen LogP contribution in [0.4, 0.5) is 0 Å². The van der Waals surface area contributed by atoms with Gasteiger partial charge >= 0.3 is 5.97 Å². The summed E-state index contributed by atoms with van der Waals surface area (Å²) < 4.78 is 11.9. The summed E-state index contributed by atoms with van der Waals surface area (Å²) in [6, 6.07) is 28.2. The Balaban J connectivity index is 1.30. The summed E-state index contributed by atoms with van der Waals surface area (Å²) in [5, 5.41) is 15.5. The Labute approximate surface area is 205 Å². The molecule has 1 heterocycles. The number of carbonyl (C=O) groups is 1. The third-order valence-electron chi connectivity index (χ3n) is 6.77. The van der Waals surface area contributed by atoms with Crippen LogP contribution in [0.1, 0.15) is 39.4 Å². The number of benzene rings is 4. The average molecular weight is 468 g/mol. The molecule has 5 nitrogen and oxygen atoms in total. The summed E-state index contributed by atoms with van der Waals surface area (Å²) in [5.41, 5.74) is 3.64. The number of rotatable bonds is 8. The molecule has 4 aromatic carbocycles. The first-order chi connectivity index (χ1) is 17.1. The fraction of sp³-hybridized carbons (Fsp3) is 0.233. The van der Waals surface area contributed by atoms with Crippen molar-refractivity contribution < 1.29 is 19.4 Å². The lowest BCUT2D eigenvalue weighted by molar-refractivity contribution is 0.0696. The van der Waals surface area contributed by atoms with Gasteiger partial charge in [-0.2, -0.15) is 0 Å². The van der Waals surface area contributed by atoms with Crippen molar-refractivity contribution in [3.8, 4) is 11.5 Å². The number of hydrogen-bond acceptors (Lipinski definition) is 4. The first-order valence-corrected chi connectivity index (χ1v) is 12.0. The van der Waals surface area contributed by atoms with Crippen molar-refractivity contribution in [2.75, 3.05) is 20.2 Å². The van der Waals surface area contributed by atoms with Gasteiger partial charge in [0.2, 0.25) is 0 Å². The molecule has 1 aliphatic heterocycles. The molecule has 0 radical (unpaired) electrons. The van der Waals surface area contributed by atoms with Gasteiger partial charge < -0.3 is 19.9 Å². The number of carboxylic acids is 1. The fourth-order valence-corrected chi connectivity index (χ4v) is 5.04. The summed E-state index contributed by atoms with van der Waals surface area (Å²) in [7, 11) is 1.59. The monoisotopic (exact) mass is 467 g/mol. The zero-order valence-corrected chi connectivity index (χ0v) is 19.7. The van der Waals surface area contributed by atoms with Crippen molar-refractivity contribution in [2.24, 2.45) is 0 Å². The molecule has 0 aliphatic carbocycles. The standard InChI is InChI=1S/C30H29NO4/c1-34-29-17-22(30(32)33)13-14-26(29)27-18-23(35-28-12-5-4-11-25(27)28)19-31-16-15-21-9-6-8-20-7-2-3-10-24(20)21/h2-14,17,23,27,31H,15-16,18-19H2,1H3,(H,32,33)/t23-,27-/m1/s1. The molecule has 0 spiro atoms. The molecule has 2 N–H and O–H groups in total. The van der Waals surface area contributed by atoms with E-state index in [9.17, 15) is 9.90 Å². The number of para-hydroxylation sites is 1. The van der Waals surface area contributed by atoms with E-state index < -0.39 is 5.97 Å². The predicted molar refractivity (Wildman–Crippen MR) is 138 cm³/mol. The molecule has 178 valence electrons. The van der Waals surface area contributed by atoms with Gasteiger partial charge in [0.1, 0.15) is 17.6 Å². The van der Waals surface area contributed by atoms with E-state index in [-0.39, 0.29) is 17.6 Å². The molecule has 0 fully saturated rings. The van der Waals surface area contributed by atoms with Gasteiger partial charge in [-0.05, 0) is 53.9 Å². The number of carboxylic acid groups (broad SMARTS) is 1. The first-order valence-electron chi connectivity index (χ1n) is 12.0. The summed E-state index contributed by atoms with van der Waals surface area (Å²) >= 11 is 0. The molecule has 0 aromatic heterocycles. The Kier molecular flexibility index (Phi) is 6.68. The van der Waals surface area contributed by atoms with E-state index in [0.29, 0.717) is 5.75 Å². The Hall–Kier alpha value is -3.83. The van der Waals surface area contributed by atoms with Crippen LogP contribution in [0.5, 0.6) is 11.5 Å². The van der Waals surface area contributed by atoms with Crippen LogP contribution in [-0.2, 0) is 6.42 Å². The van der Waals surface area contributed by atoms with Crippen LogP contribution in [0, 0.1) is 0 Å². The number of methoxy groups -OCH3 is 1. The Morgan fingerprint density at radius 3 is 2.66 bits per heavy atom. The molecule has 35 heavy (non-hydrogen) atoms. The topological polar surface area (TPSA) is 67.8 Å². The molecule has 0 amide bonds. The van der Waals surface area contributed by atoms with E-state index in [1.807, 2.05) is 24.3 Å². The molecule has 5 heteroatoms. The highest BCUT2D eigenvalue weighted by Gasteiger charge is 2.31. The van der Waals surface area contributed by atoms with Crippen LogP contribution in [0.15, 0.2) is 84.9 Å². The number of nitrogens with one attached hydrogen (secondary N) is 1. The van der Waals surface area contributed by atoms with Crippen molar-refractivity contribution >= 4 is 16.7 Å². The lowest BCUT2D eigenvalue weighted by atomic mass is 9.83. The van der Waals surface area contributed by atoms with Gasteiger partial charge in [0.05, 0.1) is 12.7 Å². The van der Waals surface area contributed by atoms with Crippen LogP contribution in [-0.4, -0.2) is 37.4 Å². The van der Waals surface area contributed by atoms with E-state index in [2.05, 4.69) is 53.8 Å². The summed E-state index contributed by atoms with van der Waals surface area (Å²) in [6.45, 7) is 1.59. The molecule has 0 saturated carbocycles. The summed E-state index contributed by atoms with van der Waals surface area (Å²) in [6.07, 6.45) is 1.71. The van der Waals surface area contributed by atoms with Crippen molar-refractivity contribution in [3.05, 3.63) is 107 Å². The molecule has 2 atom stereocenters. The summed E-state index contributed by atoms with van der Waals surface area (Å²) in [5.74, 6) is 0.557. The highest BCUT2D eigenvalue weighted by molar-refractivity contribution is 5.88. The minimum Gasteiger partial charge on any atom is -0.496 e. The molecule has 1 aliphatic rings. The third-order valence-corrected chi connectivity index (χ3v) is 6.77. The molecule has 0 bridgehead atoms. The van der Waals surface area contributed by atoms with Gasteiger partial charge in [-0.15, -0.1) is 0 Å². The second-order valence-electron chi connectivity index (χ2n) is 8.92. The van der Waals surface area contributed by atoms with Crippen LogP contribution in [0.25, 0.3) is 10.8 Å². The van der Waals surface area contributed by atoms with Gasteiger partial charge in [-0.1, -0.05) is 66.7 Å². The Bertz CT molecular complexity index is 1340. The first kappa shape index (κ1) is 22.9. The van der Waals surface area contributed by atoms with Crippen LogP contribution in [0.3, 0.4) is 0 Å². The molecule has 4 aromatic rings. The van der Waals surface area contributed by atoms with Crippen LogP contribution >= 0.6 is 0 Å². The highest BCUT2D eigenvalue weighted by atomic mass is 16.5. The minimum atomic E-state index is -0.963. The Morgan fingerprint density at radius 1 is 1.00 bits per heavy atom. The van der Waals surface area contributed by atoms with Crippen LogP contribution < -0.4 is 14.8 Å². The Morgan fingerprint density at radius 2 is 1.80 bits per heavy atom. The van der Waals surface area contributed by atoms with Gasteiger partial charge in [-0.25, -0.2) is 4.79 Å². The number of fused-ring (bicyclic) bond motifs is 2. The van der Waals surface area contributed by atoms with Crippen molar-refractivity contribution in [3.63, 3.8) is 0 Å². The van der Waals surface area contributed by atoms with E-state index in [1.165, 1.54) is 16.3 Å². The second kappa shape index (κ2) is 10.2. The van der Waals surface area contributed by atoms with E-state index in [0.717, 1.165) is 42.8 Å². The maximum atomic E-state index is 11.4. The summed E-state index contributed by atoms with van der Waals surface area (Å²) in [4.78, 5) is 11.4. The number of hydrogen-bond donors (Lipinski definition) is 2. The molecule has 0 saturated heterocycles. The zero-order valence-electron chi connectivity index (χ0n) is 19.7. The minimum absolute atomic E-state index is 0.00808. The van der Waals surface area contributed by atoms with Crippen molar-refractivity contribution in [1.82, 2.24) is 5.32 Å². The molecular weight excluding hydrogens is 438 g/mol. The number of aromatic carboxylic acids is 1. The molecule has 5 rings (SSSR count). The lowest BCUT2D eigenvalue weighted by Crippen LogP contribution is -2.36. The zero-order chi connectivity index (χ0) is 24.2. The van der Waals surface area contributed by atoms with Gasteiger partial charge in [0.15, 0.2) is 0 Å². The van der Waals surface area contributed by atoms with E-state index in [4.69, 9.17) is 9.47 Å². The molecule has 0 unspecified atom stereocenters. The average Bonchev–Trinajstić information content (AvgIpc) is 2.90. The quantitative estimate of drug-likeness (QED) is 0.327. The normalized spacial score (nSPS) is 16.9. The maximum absolute atomic E-state index is 11.4. The van der Waals surface area contributed by atoms with Crippen molar-refractivity contribution in [2.45, 2.75) is 24.9 Å². The van der Waals surface area contributed by atoms with Crippen molar-refractivity contribution in [1.29, 1.82) is 0 Å². The smallest absolute Gasteiger partial charge is 0.335 e. The van der Waals surface area contributed by atoms with Gasteiger partial charge in [0, 0.05) is 23.6 Å². The van der Waals surface area contributed by atoms with E-state index >= 15 is 0 Å². The SMILES string of the molecule is COc1cc(C(=O)O)ccc1[C@@H]1C[C@H](CNCCc2cccc3ccccc23)Oc2ccccc21. The lowest BCUT2D eigenvalue weighted by Gasteiger charge is -2.33. The second-order valence-corrected chi connectivity index (χ2v) is 8.92. The highest BCUT2D eigenvalue weighted by Crippen LogP contribution is 2.43. The predicted octanol–water partition coefficient (Wildman–Crippen LogP) is 5.66. The maximum Gasteiger partial charge on any atom is 0.335 e. The van der Waals surface area contributed by atoms with Crippen LogP contribution in [0.2, 0.25) is 0 Å². The number of ether oxygens (including phenoxy) is 2. The van der Waals surface area contributed by atoms with E-state index in [1.54, 1.807) is 19.2 Å². The third kappa shape index (κ3) is 4.86. The molecular formula is C30H29NO4.